The number of hydrogen-bond acceptors (Lipinski definition) is 8. The zero-order valence-electron chi connectivity index (χ0n) is 65.7. The van der Waals surface area contributed by atoms with E-state index < -0.39 is 0 Å². The van der Waals surface area contributed by atoms with Crippen LogP contribution >= 0.6 is 0 Å². The molecule has 0 bridgehead atoms. The monoisotopic (exact) mass is 1410 g/mol. The third kappa shape index (κ3) is 12.4. The lowest BCUT2D eigenvalue weighted by molar-refractivity contribution is 0.590. The van der Waals surface area contributed by atoms with Gasteiger partial charge in [-0.2, -0.15) is 0 Å². The number of nitrogens with zero attached hydrogens (tertiary/aromatic N) is 8. The van der Waals surface area contributed by atoms with Gasteiger partial charge in [0, 0.05) is 124 Å². The zero-order valence-corrected chi connectivity index (χ0v) is 65.7. The summed E-state index contributed by atoms with van der Waals surface area (Å²) in [5.41, 5.74) is 25.9. The van der Waals surface area contributed by atoms with Gasteiger partial charge in [0.05, 0.1) is 67.6 Å². The lowest BCUT2D eigenvalue weighted by Gasteiger charge is -2.36. The summed E-state index contributed by atoms with van der Waals surface area (Å²) in [6.07, 6.45) is 10.8. The van der Waals surface area contributed by atoms with Crippen LogP contribution < -0.4 is 19.6 Å². The Kier molecular flexibility index (Phi) is 18.0. The number of aromatic nitrogens is 4. The second kappa shape index (κ2) is 27.4. The van der Waals surface area contributed by atoms with Crippen molar-refractivity contribution in [3.63, 3.8) is 0 Å². The SMILES string of the molecule is CCc1c(N(c2ccc(C(C)(C)C)cc2)c2cc(N(c3ccc(C(C)(C)C)cc3)c3ccc4cccnc4c3CC)c3ccc4c(N(c5ccc(C(C)(C)C)cc5)c5ccc6cccnc6c5CC)cc(N(c5ccc(C(C)(C)C)cc5)c5ccc6cccnc6c5CC)c5ccc2c3c54)ccc2cccnc12. The summed E-state index contributed by atoms with van der Waals surface area (Å²) in [6.45, 7) is 36.8. The highest BCUT2D eigenvalue weighted by Gasteiger charge is 2.33. The minimum Gasteiger partial charge on any atom is -0.309 e. The van der Waals surface area contributed by atoms with Crippen LogP contribution in [0.15, 0.2) is 255 Å². The topological polar surface area (TPSA) is 64.5 Å². The highest BCUT2D eigenvalue weighted by Crippen LogP contribution is 2.57. The highest BCUT2D eigenvalue weighted by atomic mass is 15.2. The predicted octanol–water partition coefficient (Wildman–Crippen LogP) is 28.1. The third-order valence-corrected chi connectivity index (χ3v) is 22.5. The summed E-state index contributed by atoms with van der Waals surface area (Å²) in [5, 5.41) is 11.1. The van der Waals surface area contributed by atoms with Crippen molar-refractivity contribution in [2.24, 2.45) is 0 Å². The maximum absolute atomic E-state index is 5.24. The van der Waals surface area contributed by atoms with Crippen LogP contribution in [-0.2, 0) is 47.3 Å². The van der Waals surface area contributed by atoms with E-state index in [0.29, 0.717) is 0 Å². The van der Waals surface area contributed by atoms with Crippen LogP contribution in [0.5, 0.6) is 0 Å². The molecule has 12 aromatic carbocycles. The summed E-state index contributed by atoms with van der Waals surface area (Å²) >= 11 is 0. The minimum absolute atomic E-state index is 0.0946. The maximum atomic E-state index is 5.24. The number of hydrogen-bond donors (Lipinski definition) is 0. The molecule has 0 N–H and O–H groups in total. The van der Waals surface area contributed by atoms with Crippen molar-refractivity contribution in [2.45, 2.75) is 158 Å². The Labute approximate surface area is 637 Å². The van der Waals surface area contributed by atoms with E-state index in [1.54, 1.807) is 0 Å². The van der Waals surface area contributed by atoms with Crippen molar-refractivity contribution in [3.8, 4) is 0 Å². The van der Waals surface area contributed by atoms with E-state index in [2.05, 4.69) is 361 Å². The van der Waals surface area contributed by atoms with Crippen LogP contribution in [0, 0.1) is 0 Å². The number of anilines is 12. The third-order valence-electron chi connectivity index (χ3n) is 22.5. The first-order valence-electron chi connectivity index (χ1n) is 38.8. The Balaban J connectivity index is 1.14. The molecule has 0 amide bonds. The normalized spacial score (nSPS) is 12.4. The molecule has 0 saturated heterocycles. The van der Waals surface area contributed by atoms with Crippen LogP contribution in [0.25, 0.3) is 75.9 Å². The van der Waals surface area contributed by atoms with Crippen LogP contribution in [0.1, 0.15) is 155 Å². The van der Waals surface area contributed by atoms with Gasteiger partial charge in [-0.05, 0) is 179 Å². The molecule has 0 fully saturated rings. The largest absolute Gasteiger partial charge is 0.309 e. The van der Waals surface area contributed by atoms with Gasteiger partial charge in [0.2, 0.25) is 0 Å². The molecule has 0 spiro atoms. The Morgan fingerprint density at radius 2 is 0.435 bits per heavy atom. The lowest BCUT2D eigenvalue weighted by atomic mass is 9.86. The molecule has 0 aliphatic carbocycles. The van der Waals surface area contributed by atoms with Crippen LogP contribution in [-0.4, -0.2) is 19.9 Å². The number of rotatable bonds is 16. The van der Waals surface area contributed by atoms with E-state index >= 15 is 0 Å². The molecule has 538 valence electrons. The Morgan fingerprint density at radius 1 is 0.231 bits per heavy atom. The van der Waals surface area contributed by atoms with Gasteiger partial charge < -0.3 is 19.6 Å². The molecular formula is C100H98N8. The molecule has 0 aliphatic rings. The molecule has 16 aromatic rings. The molecule has 8 heteroatoms. The first-order chi connectivity index (χ1) is 51.9. The van der Waals surface area contributed by atoms with Crippen molar-refractivity contribution in [2.75, 3.05) is 19.6 Å². The van der Waals surface area contributed by atoms with Gasteiger partial charge in [-0.25, -0.2) is 0 Å². The van der Waals surface area contributed by atoms with Gasteiger partial charge in [0.25, 0.3) is 0 Å². The lowest BCUT2D eigenvalue weighted by Crippen LogP contribution is -2.18. The van der Waals surface area contributed by atoms with Crippen LogP contribution in [0.4, 0.5) is 68.2 Å². The molecule has 108 heavy (non-hydrogen) atoms. The number of aryl methyl sites for hydroxylation is 4. The molecule has 8 nitrogen and oxygen atoms in total. The number of benzene rings is 12. The molecule has 0 atom stereocenters. The van der Waals surface area contributed by atoms with Gasteiger partial charge >= 0.3 is 0 Å². The predicted molar refractivity (Wildman–Crippen MR) is 462 cm³/mol. The van der Waals surface area contributed by atoms with E-state index in [-0.39, 0.29) is 21.7 Å². The van der Waals surface area contributed by atoms with Crippen molar-refractivity contribution in [1.82, 2.24) is 19.9 Å². The molecule has 0 aliphatic heterocycles. The van der Waals surface area contributed by atoms with E-state index in [0.717, 1.165) is 170 Å². The van der Waals surface area contributed by atoms with Gasteiger partial charge in [-0.3, -0.25) is 19.9 Å². The van der Waals surface area contributed by atoms with Gasteiger partial charge in [0.1, 0.15) is 0 Å². The molecule has 4 heterocycles. The molecule has 0 unspecified atom stereocenters. The van der Waals surface area contributed by atoms with Crippen molar-refractivity contribution < 1.29 is 0 Å². The molecule has 4 aromatic heterocycles. The molecule has 0 saturated carbocycles. The fourth-order valence-electron chi connectivity index (χ4n) is 16.7. The smallest absolute Gasteiger partial charge is 0.0754 e. The standard InChI is InChI=1S/C100H98N8/c1-17-75-83(53-29-63-25-21-57-101-93(63)75)105(71-41-33-67(34-42-71)97(5,6)7)87-61-88(106(72-43-35-68(36-44-72)98(8,9)10)84-54-30-64-26-22-58-102-94(64)76(84)18-2)80-51-52-82-90(108(74-47-39-70(40-48-74)100(14,15)16)86-56-32-66-28-24-60-104-96(66)78(86)20-4)62-89(81-50-49-79(87)91(80)92(81)82)107(73-45-37-69(38-46-73)99(11,12)13)85-55-31-65-27-23-59-103-95(65)77(85)19-3/h21-62H,17-20H2,1-16H3. The average Bonchev–Trinajstić information content (AvgIpc) is 0.695. The van der Waals surface area contributed by atoms with E-state index in [4.69, 9.17) is 19.9 Å². The van der Waals surface area contributed by atoms with Crippen molar-refractivity contribution in [3.05, 3.63) is 300 Å². The summed E-state index contributed by atoms with van der Waals surface area (Å²) in [7, 11) is 0. The minimum atomic E-state index is -0.0946. The Morgan fingerprint density at radius 3 is 0.620 bits per heavy atom. The van der Waals surface area contributed by atoms with E-state index in [1.807, 2.05) is 24.8 Å². The highest BCUT2D eigenvalue weighted by molar-refractivity contribution is 6.33. The number of pyridine rings is 4. The quantitative estimate of drug-likeness (QED) is 0.0887. The molecular weight excluding hydrogens is 1310 g/mol. The number of fused-ring (bicyclic) bond motifs is 4. The summed E-state index contributed by atoms with van der Waals surface area (Å²) in [4.78, 5) is 31.2. The summed E-state index contributed by atoms with van der Waals surface area (Å²) in [5.74, 6) is 0. The fraction of sp³-hybridized carbons (Fsp3) is 0.240. The summed E-state index contributed by atoms with van der Waals surface area (Å²) in [6, 6.07) is 87.8. The first-order valence-corrected chi connectivity index (χ1v) is 38.8. The van der Waals surface area contributed by atoms with Crippen LogP contribution in [0.2, 0.25) is 0 Å². The van der Waals surface area contributed by atoms with Gasteiger partial charge in [-0.15, -0.1) is 0 Å². The van der Waals surface area contributed by atoms with Crippen LogP contribution in [0.3, 0.4) is 0 Å². The van der Waals surface area contributed by atoms with Gasteiger partial charge in [0.15, 0.2) is 0 Å². The zero-order chi connectivity index (χ0) is 75.3. The first kappa shape index (κ1) is 70.8. The second-order valence-electron chi connectivity index (χ2n) is 33.4. The Hall–Kier alpha value is -11.5. The van der Waals surface area contributed by atoms with E-state index in [1.165, 1.54) is 44.5 Å². The second-order valence-corrected chi connectivity index (χ2v) is 33.4. The Bertz CT molecular complexity index is 5350. The van der Waals surface area contributed by atoms with Crippen molar-refractivity contribution >= 4 is 144 Å². The maximum Gasteiger partial charge on any atom is 0.0754 e. The molecule has 16 rings (SSSR count). The van der Waals surface area contributed by atoms with E-state index in [9.17, 15) is 0 Å². The van der Waals surface area contributed by atoms with Gasteiger partial charge in [-0.1, -0.05) is 232 Å². The molecule has 0 radical (unpaired) electrons. The summed E-state index contributed by atoms with van der Waals surface area (Å²) < 4.78 is 0. The average molecular weight is 1410 g/mol. The van der Waals surface area contributed by atoms with Crippen molar-refractivity contribution in [1.29, 1.82) is 0 Å². The fourth-order valence-corrected chi connectivity index (χ4v) is 16.7.